The quantitative estimate of drug-likeness (QED) is 0.441. The van der Waals surface area contributed by atoms with Gasteiger partial charge in [0.15, 0.2) is 0 Å². The maximum absolute atomic E-state index is 9.57. The second-order valence-corrected chi connectivity index (χ2v) is 2.85. The van der Waals surface area contributed by atoms with Crippen LogP contribution in [0.5, 0.6) is 0 Å². The van der Waals surface area contributed by atoms with Crippen molar-refractivity contribution in [1.29, 1.82) is 0 Å². The summed E-state index contributed by atoms with van der Waals surface area (Å²) in [7, 11) is 0. The molecule has 0 aromatic carbocycles. The minimum atomic E-state index is 0.0712. The van der Waals surface area contributed by atoms with Gasteiger partial charge in [0.05, 0.1) is 6.54 Å². The molecule has 0 rings (SSSR count). The minimum absolute atomic E-state index is 0.0712. The van der Waals surface area contributed by atoms with E-state index < -0.39 is 0 Å². The lowest BCUT2D eigenvalue weighted by molar-refractivity contribution is 0.0432. The molecule has 2 heteroatoms. The molecule has 2 nitrogen and oxygen atoms in total. The number of rotatable bonds is 1. The fraction of sp³-hybridized carbons (Fsp3) is 1.00. The molecule has 0 bridgehead atoms. The van der Waals surface area contributed by atoms with E-state index in [1.165, 1.54) is 0 Å². The minimum Gasteiger partial charge on any atom is -0.102 e. The Morgan fingerprint density at radius 2 is 1.86 bits per heavy atom. The molecule has 0 saturated heterocycles. The van der Waals surface area contributed by atoms with Crippen LogP contribution in [0.3, 0.4) is 0 Å². The van der Waals surface area contributed by atoms with Crippen LogP contribution in [0.2, 0.25) is 0 Å². The zero-order valence-corrected chi connectivity index (χ0v) is 5.06. The molecule has 0 saturated carbocycles. The van der Waals surface area contributed by atoms with Crippen molar-refractivity contribution in [2.24, 2.45) is 5.41 Å². The largest absolute Gasteiger partial charge is 0.102 e. The first-order valence-electron chi connectivity index (χ1n) is 2.35. The van der Waals surface area contributed by atoms with Gasteiger partial charge < -0.3 is 0 Å². The van der Waals surface area contributed by atoms with Crippen LogP contribution in [0.15, 0.2) is 0 Å². The van der Waals surface area contributed by atoms with Crippen molar-refractivity contribution in [3.8, 4) is 0 Å². The summed E-state index contributed by atoms with van der Waals surface area (Å²) >= 11 is 0. The van der Waals surface area contributed by atoms with Crippen molar-refractivity contribution >= 4 is 0 Å². The standard InChI is InChI=1S/C5H11NO/c1-5(2,3)4-6-7/h4H2,1-3H3. The molecular weight excluding hydrogens is 90.1 g/mol. The average molecular weight is 101 g/mol. The van der Waals surface area contributed by atoms with Gasteiger partial charge >= 0.3 is 0 Å². The molecule has 42 valence electrons. The monoisotopic (exact) mass is 101 g/mol. The molecular formula is C5H11NO. The summed E-state index contributed by atoms with van der Waals surface area (Å²) in [5.41, 5.74) is 2.83. The molecule has 0 unspecified atom stereocenters. The van der Waals surface area contributed by atoms with E-state index in [0.717, 1.165) is 0 Å². The van der Waals surface area contributed by atoms with E-state index in [4.69, 9.17) is 0 Å². The Balaban J connectivity index is 3.15. The van der Waals surface area contributed by atoms with E-state index >= 15 is 0 Å². The molecule has 0 aromatic heterocycles. The third-order valence-electron chi connectivity index (χ3n) is 0.539. The highest BCUT2D eigenvalue weighted by atomic mass is 16.5. The van der Waals surface area contributed by atoms with Gasteiger partial charge in [-0.05, 0) is 5.41 Å². The van der Waals surface area contributed by atoms with Crippen LogP contribution in [0, 0.1) is 5.41 Å². The third kappa shape index (κ3) is 5.92. The number of hydrogen-bond donors (Lipinski definition) is 0. The maximum atomic E-state index is 9.57. The third-order valence-corrected chi connectivity index (χ3v) is 0.539. The molecule has 0 atom stereocenters. The van der Waals surface area contributed by atoms with Gasteiger partial charge in [0.2, 0.25) is 0 Å². The topological polar surface area (TPSA) is 34.0 Å². The summed E-state index contributed by atoms with van der Waals surface area (Å²) in [5, 5.41) is 9.57. The Bertz CT molecular complexity index is 46.5. The van der Waals surface area contributed by atoms with Gasteiger partial charge in [-0.2, -0.15) is 0 Å². The van der Waals surface area contributed by atoms with Crippen LogP contribution in [-0.4, -0.2) is 6.54 Å². The second-order valence-electron chi connectivity index (χ2n) is 2.85. The Labute approximate surface area is 44.5 Å². The normalized spacial score (nSPS) is 12.0. The number of hydrogen-bond acceptors (Lipinski definition) is 0. The Morgan fingerprint density at radius 1 is 1.43 bits per heavy atom. The first-order chi connectivity index (χ1) is 3.06. The zero-order chi connectivity index (χ0) is 5.91. The summed E-state index contributed by atoms with van der Waals surface area (Å²) in [5.74, 6) is 0. The summed E-state index contributed by atoms with van der Waals surface area (Å²) in [6, 6.07) is 0. The van der Waals surface area contributed by atoms with Gasteiger partial charge in [0.25, 0.3) is 0 Å². The first kappa shape index (κ1) is 6.92. The second kappa shape index (κ2) is 2.28. The summed E-state index contributed by atoms with van der Waals surface area (Å²) < 4.78 is 0. The SMILES string of the molecule is CC(C)(C)C[N][O]. The summed E-state index contributed by atoms with van der Waals surface area (Å²) in [4.78, 5) is 0. The molecule has 0 aliphatic carbocycles. The highest BCUT2D eigenvalue weighted by Gasteiger charge is 2.08. The molecule has 7 heavy (non-hydrogen) atoms. The number of nitrogens with zero attached hydrogens (tertiary/aromatic N) is 1. The van der Waals surface area contributed by atoms with Crippen molar-refractivity contribution in [3.63, 3.8) is 0 Å². The molecule has 0 fully saturated rings. The van der Waals surface area contributed by atoms with Gasteiger partial charge in [-0.25, -0.2) is 0 Å². The predicted molar refractivity (Wildman–Crippen MR) is 27.1 cm³/mol. The lowest BCUT2D eigenvalue weighted by Gasteiger charge is -2.12. The Morgan fingerprint density at radius 3 is 1.86 bits per heavy atom. The first-order valence-corrected chi connectivity index (χ1v) is 2.35. The highest BCUT2D eigenvalue weighted by Crippen LogP contribution is 2.09. The highest BCUT2D eigenvalue weighted by molar-refractivity contribution is 4.59. The van der Waals surface area contributed by atoms with Crippen LogP contribution in [0.1, 0.15) is 20.8 Å². The fourth-order valence-electron chi connectivity index (χ4n) is 0.194. The van der Waals surface area contributed by atoms with Crippen molar-refractivity contribution in [3.05, 3.63) is 0 Å². The van der Waals surface area contributed by atoms with E-state index in [0.29, 0.717) is 6.54 Å². The lowest BCUT2D eigenvalue weighted by atomic mass is 9.98. The van der Waals surface area contributed by atoms with Crippen LogP contribution in [-0.2, 0) is 5.21 Å². The van der Waals surface area contributed by atoms with E-state index in [1.54, 1.807) is 0 Å². The molecule has 0 aliphatic rings. The van der Waals surface area contributed by atoms with Gasteiger partial charge in [0, 0.05) is 0 Å². The molecule has 0 aromatic rings. The van der Waals surface area contributed by atoms with Crippen LogP contribution < -0.4 is 5.48 Å². The van der Waals surface area contributed by atoms with E-state index in [2.05, 4.69) is 5.48 Å². The van der Waals surface area contributed by atoms with Crippen molar-refractivity contribution < 1.29 is 5.21 Å². The Kier molecular flexibility index (Phi) is 2.26. The molecule has 0 spiro atoms. The molecule has 0 N–H and O–H groups in total. The molecule has 0 aliphatic heterocycles. The maximum Gasteiger partial charge on any atom is 0.0508 e. The van der Waals surface area contributed by atoms with Crippen LogP contribution >= 0.6 is 0 Å². The van der Waals surface area contributed by atoms with Crippen LogP contribution in [0.25, 0.3) is 0 Å². The van der Waals surface area contributed by atoms with E-state index in [-0.39, 0.29) is 5.41 Å². The molecule has 2 radical (unpaired) electrons. The van der Waals surface area contributed by atoms with Crippen LogP contribution in [0.4, 0.5) is 0 Å². The van der Waals surface area contributed by atoms with Gasteiger partial charge in [-0.15, -0.1) is 5.21 Å². The van der Waals surface area contributed by atoms with E-state index in [1.807, 2.05) is 20.8 Å². The number of hydroxylamine groups is 1. The van der Waals surface area contributed by atoms with E-state index in [9.17, 15) is 5.21 Å². The van der Waals surface area contributed by atoms with Crippen molar-refractivity contribution in [2.75, 3.05) is 6.54 Å². The van der Waals surface area contributed by atoms with Crippen molar-refractivity contribution in [1.82, 2.24) is 5.48 Å². The summed E-state index contributed by atoms with van der Waals surface area (Å²) in [6.45, 7) is 6.35. The fourth-order valence-corrected chi connectivity index (χ4v) is 0.194. The predicted octanol–water partition coefficient (Wildman–Crippen LogP) is 0.982. The summed E-state index contributed by atoms with van der Waals surface area (Å²) in [6.07, 6.45) is 0. The van der Waals surface area contributed by atoms with Crippen molar-refractivity contribution in [2.45, 2.75) is 20.8 Å². The lowest BCUT2D eigenvalue weighted by Crippen LogP contribution is -2.17. The average Bonchev–Trinajstić information content (AvgIpc) is 1.30. The van der Waals surface area contributed by atoms with Gasteiger partial charge in [0.1, 0.15) is 0 Å². The smallest absolute Gasteiger partial charge is 0.0508 e. The molecule has 0 amide bonds. The van der Waals surface area contributed by atoms with Gasteiger partial charge in [-0.1, -0.05) is 26.3 Å². The van der Waals surface area contributed by atoms with Gasteiger partial charge in [-0.3, -0.25) is 0 Å². The molecule has 0 heterocycles. The Hall–Kier alpha value is -0.0800. The zero-order valence-electron chi connectivity index (χ0n) is 5.06.